The minimum Gasteiger partial charge on any atom is -0.462 e. The van der Waals surface area contributed by atoms with E-state index in [4.69, 9.17) is 4.74 Å². The molecule has 0 unspecified atom stereocenters. The van der Waals surface area contributed by atoms with E-state index in [1.165, 1.54) is 16.7 Å². The van der Waals surface area contributed by atoms with Crippen molar-refractivity contribution in [3.63, 3.8) is 0 Å². The van der Waals surface area contributed by atoms with Gasteiger partial charge in [0.05, 0.1) is 22.8 Å². The van der Waals surface area contributed by atoms with Crippen molar-refractivity contribution in [1.82, 2.24) is 4.90 Å². The quantitative estimate of drug-likeness (QED) is 0.559. The SMILES string of the molecule is CCCOC(=O)c1cccc(N=C2S/C(=C/c3cccs3)C(=O)N2C)c1. The van der Waals surface area contributed by atoms with Crippen LogP contribution in [0.1, 0.15) is 28.6 Å². The molecular weight excluding hydrogens is 368 g/mol. The summed E-state index contributed by atoms with van der Waals surface area (Å²) in [5.41, 5.74) is 1.06. The van der Waals surface area contributed by atoms with Gasteiger partial charge in [-0.2, -0.15) is 0 Å². The van der Waals surface area contributed by atoms with Crippen molar-refractivity contribution in [2.24, 2.45) is 4.99 Å². The summed E-state index contributed by atoms with van der Waals surface area (Å²) in [5.74, 6) is -0.448. The third-order valence-electron chi connectivity index (χ3n) is 3.56. The van der Waals surface area contributed by atoms with E-state index in [9.17, 15) is 9.59 Å². The molecule has 0 saturated carbocycles. The molecule has 0 atom stereocenters. The van der Waals surface area contributed by atoms with Gasteiger partial charge in [0, 0.05) is 11.9 Å². The predicted molar refractivity (Wildman–Crippen MR) is 107 cm³/mol. The number of amidine groups is 1. The van der Waals surface area contributed by atoms with Crippen molar-refractivity contribution >= 4 is 51.9 Å². The van der Waals surface area contributed by atoms with Crippen LogP contribution in [-0.2, 0) is 9.53 Å². The Morgan fingerprint density at radius 3 is 2.88 bits per heavy atom. The average molecular weight is 386 g/mol. The fraction of sp³-hybridized carbons (Fsp3) is 0.211. The van der Waals surface area contributed by atoms with E-state index in [-0.39, 0.29) is 11.9 Å². The van der Waals surface area contributed by atoms with Crippen LogP contribution in [0.2, 0.25) is 0 Å². The molecule has 0 aliphatic carbocycles. The molecule has 0 bridgehead atoms. The average Bonchev–Trinajstić information content (AvgIpc) is 3.25. The van der Waals surface area contributed by atoms with Gasteiger partial charge in [0.25, 0.3) is 5.91 Å². The molecule has 3 rings (SSSR count). The molecular formula is C19H18N2O3S2. The summed E-state index contributed by atoms with van der Waals surface area (Å²) >= 11 is 2.90. The lowest BCUT2D eigenvalue weighted by atomic mass is 10.2. The zero-order valence-electron chi connectivity index (χ0n) is 14.5. The zero-order chi connectivity index (χ0) is 18.5. The molecule has 2 aromatic rings. The van der Waals surface area contributed by atoms with Gasteiger partial charge in [0.2, 0.25) is 0 Å². The molecule has 2 heterocycles. The van der Waals surface area contributed by atoms with Crippen LogP contribution in [0, 0.1) is 0 Å². The summed E-state index contributed by atoms with van der Waals surface area (Å²) in [6.45, 7) is 2.34. The Kier molecular flexibility index (Phi) is 5.90. The number of rotatable bonds is 5. The molecule has 1 aromatic heterocycles. The van der Waals surface area contributed by atoms with Gasteiger partial charge in [-0.1, -0.05) is 19.1 Å². The second kappa shape index (κ2) is 8.33. The van der Waals surface area contributed by atoms with Crippen LogP contribution in [0.4, 0.5) is 5.69 Å². The molecule has 26 heavy (non-hydrogen) atoms. The van der Waals surface area contributed by atoms with Crippen molar-refractivity contribution in [2.75, 3.05) is 13.7 Å². The largest absolute Gasteiger partial charge is 0.462 e. The number of carbonyl (C=O) groups excluding carboxylic acids is 2. The lowest BCUT2D eigenvalue weighted by Gasteiger charge is -2.08. The maximum atomic E-state index is 12.4. The van der Waals surface area contributed by atoms with E-state index in [1.54, 1.807) is 42.6 Å². The Morgan fingerprint density at radius 1 is 1.31 bits per heavy atom. The van der Waals surface area contributed by atoms with Gasteiger partial charge in [0.1, 0.15) is 0 Å². The third-order valence-corrected chi connectivity index (χ3v) is 5.44. The first-order valence-electron chi connectivity index (χ1n) is 8.15. The number of nitrogens with zero attached hydrogens (tertiary/aromatic N) is 2. The molecule has 0 spiro atoms. The first-order chi connectivity index (χ1) is 12.6. The van der Waals surface area contributed by atoms with Crippen LogP contribution in [0.5, 0.6) is 0 Å². The maximum Gasteiger partial charge on any atom is 0.338 e. The molecule has 1 amide bonds. The van der Waals surface area contributed by atoms with Gasteiger partial charge in [-0.05, 0) is 53.9 Å². The molecule has 5 nitrogen and oxygen atoms in total. The minimum absolute atomic E-state index is 0.0827. The highest BCUT2D eigenvalue weighted by atomic mass is 32.2. The first-order valence-corrected chi connectivity index (χ1v) is 9.85. The summed E-state index contributed by atoms with van der Waals surface area (Å²) in [6, 6.07) is 10.8. The number of thiophene rings is 1. The summed E-state index contributed by atoms with van der Waals surface area (Å²) in [5, 5.41) is 2.55. The van der Waals surface area contributed by atoms with E-state index >= 15 is 0 Å². The highest BCUT2D eigenvalue weighted by Gasteiger charge is 2.30. The van der Waals surface area contributed by atoms with Crippen molar-refractivity contribution in [3.8, 4) is 0 Å². The third kappa shape index (κ3) is 4.23. The van der Waals surface area contributed by atoms with Crippen LogP contribution in [0.15, 0.2) is 51.7 Å². The smallest absolute Gasteiger partial charge is 0.338 e. The summed E-state index contributed by atoms with van der Waals surface area (Å²) in [4.78, 5) is 32.1. The van der Waals surface area contributed by atoms with Crippen molar-refractivity contribution in [1.29, 1.82) is 0 Å². The molecule has 134 valence electrons. The van der Waals surface area contributed by atoms with E-state index < -0.39 is 0 Å². The Labute approximate surface area is 160 Å². The highest BCUT2D eigenvalue weighted by molar-refractivity contribution is 8.18. The number of esters is 1. The predicted octanol–water partition coefficient (Wildman–Crippen LogP) is 4.55. The Balaban J connectivity index is 1.81. The lowest BCUT2D eigenvalue weighted by Crippen LogP contribution is -2.23. The zero-order valence-corrected chi connectivity index (χ0v) is 16.1. The van der Waals surface area contributed by atoms with Gasteiger partial charge in [0.15, 0.2) is 5.17 Å². The molecule has 1 fully saturated rings. The van der Waals surface area contributed by atoms with Gasteiger partial charge < -0.3 is 4.74 Å². The summed E-state index contributed by atoms with van der Waals surface area (Å²) in [7, 11) is 1.70. The molecule has 0 radical (unpaired) electrons. The summed E-state index contributed by atoms with van der Waals surface area (Å²) in [6.07, 6.45) is 2.64. The van der Waals surface area contributed by atoms with Gasteiger partial charge in [-0.25, -0.2) is 9.79 Å². The number of likely N-dealkylation sites (N-methyl/N-ethyl adjacent to an activating group) is 1. The number of carbonyl (C=O) groups is 2. The number of hydrogen-bond donors (Lipinski definition) is 0. The van der Waals surface area contributed by atoms with Gasteiger partial charge in [-0.3, -0.25) is 9.69 Å². The van der Waals surface area contributed by atoms with Crippen molar-refractivity contribution in [2.45, 2.75) is 13.3 Å². The molecule has 1 aliphatic rings. The van der Waals surface area contributed by atoms with Crippen LogP contribution < -0.4 is 0 Å². The molecule has 0 N–H and O–H groups in total. The van der Waals surface area contributed by atoms with Crippen molar-refractivity contribution < 1.29 is 14.3 Å². The topological polar surface area (TPSA) is 59.0 Å². The molecule has 1 saturated heterocycles. The van der Waals surface area contributed by atoms with E-state index in [2.05, 4.69) is 4.99 Å². The molecule has 7 heteroatoms. The maximum absolute atomic E-state index is 12.4. The number of ether oxygens (including phenoxy) is 1. The number of amides is 1. The Bertz CT molecular complexity index is 873. The van der Waals surface area contributed by atoms with Crippen LogP contribution in [0.3, 0.4) is 0 Å². The van der Waals surface area contributed by atoms with Crippen LogP contribution in [0.25, 0.3) is 6.08 Å². The Morgan fingerprint density at radius 2 is 2.15 bits per heavy atom. The Hall–Kier alpha value is -2.38. The van der Waals surface area contributed by atoms with Gasteiger partial charge >= 0.3 is 5.97 Å². The van der Waals surface area contributed by atoms with Gasteiger partial charge in [-0.15, -0.1) is 11.3 Å². The second-order valence-corrected chi connectivity index (χ2v) is 7.56. The minimum atomic E-state index is -0.365. The fourth-order valence-electron chi connectivity index (χ4n) is 2.25. The first kappa shape index (κ1) is 18.4. The van der Waals surface area contributed by atoms with E-state index in [0.29, 0.717) is 27.9 Å². The second-order valence-electron chi connectivity index (χ2n) is 5.57. The number of hydrogen-bond acceptors (Lipinski definition) is 6. The van der Waals surface area contributed by atoms with Crippen LogP contribution in [-0.4, -0.2) is 35.6 Å². The summed E-state index contributed by atoms with van der Waals surface area (Å²) < 4.78 is 5.15. The number of aliphatic imine (C=N–C) groups is 1. The molecule has 1 aliphatic heterocycles. The van der Waals surface area contributed by atoms with Crippen LogP contribution >= 0.6 is 23.1 Å². The number of benzene rings is 1. The normalized spacial score (nSPS) is 17.3. The lowest BCUT2D eigenvalue weighted by molar-refractivity contribution is -0.121. The monoisotopic (exact) mass is 386 g/mol. The fourth-order valence-corrected chi connectivity index (χ4v) is 3.95. The van der Waals surface area contributed by atoms with Crippen molar-refractivity contribution in [3.05, 3.63) is 57.1 Å². The number of thioether (sulfide) groups is 1. The molecule has 1 aromatic carbocycles. The van der Waals surface area contributed by atoms with E-state index in [1.807, 2.05) is 30.5 Å². The standard InChI is InChI=1S/C19H18N2O3S2/c1-3-9-24-18(23)13-6-4-7-14(11-13)20-19-21(2)17(22)16(26-19)12-15-8-5-10-25-15/h4-8,10-12H,3,9H2,1-2H3/b16-12+,20-19?. The van der Waals surface area contributed by atoms with E-state index in [0.717, 1.165) is 11.3 Å². The highest BCUT2D eigenvalue weighted by Crippen LogP contribution is 2.33.